The molecule has 0 aromatic carbocycles. The number of imidazole rings is 1. The third-order valence-corrected chi connectivity index (χ3v) is 3.48. The van der Waals surface area contributed by atoms with Gasteiger partial charge < -0.3 is 25.3 Å². The van der Waals surface area contributed by atoms with Gasteiger partial charge in [-0.3, -0.25) is 9.59 Å². The van der Waals surface area contributed by atoms with Crippen LogP contribution in [0, 0.1) is 17.0 Å². The molecule has 0 aliphatic rings. The largest absolute Gasteiger partial charge is 0.481 e. The summed E-state index contributed by atoms with van der Waals surface area (Å²) in [6.45, 7) is 6.69. The highest BCUT2D eigenvalue weighted by Crippen LogP contribution is 2.15. The summed E-state index contributed by atoms with van der Waals surface area (Å²) in [6.07, 6.45) is -0.175. The number of ketones is 1. The van der Waals surface area contributed by atoms with Gasteiger partial charge in [0, 0.05) is 13.3 Å². The second-order valence-electron chi connectivity index (χ2n) is 6.94. The molecule has 0 spiro atoms. The maximum Gasteiger partial charge on any atom is 0.408 e. The van der Waals surface area contributed by atoms with Gasteiger partial charge in [0.15, 0.2) is 11.6 Å². The Morgan fingerprint density at radius 2 is 2.04 bits per heavy atom. The van der Waals surface area contributed by atoms with Crippen molar-refractivity contribution in [2.24, 2.45) is 0 Å². The molecule has 27 heavy (non-hydrogen) atoms. The van der Waals surface area contributed by atoms with Crippen molar-refractivity contribution in [1.82, 2.24) is 14.9 Å². The third kappa shape index (κ3) is 7.42. The summed E-state index contributed by atoms with van der Waals surface area (Å²) in [7, 11) is 0. The van der Waals surface area contributed by atoms with E-state index in [2.05, 4.69) is 10.3 Å². The molecule has 150 valence electrons. The van der Waals surface area contributed by atoms with Gasteiger partial charge in [0.1, 0.15) is 17.8 Å². The lowest BCUT2D eigenvalue weighted by atomic mass is 10.0. The molecule has 11 nitrogen and oxygen atoms in total. The highest BCUT2D eigenvalue weighted by Gasteiger charge is 2.26. The number of nitrogens with zero attached hydrogens (tertiary/aromatic N) is 3. The Balaban J connectivity index is 2.69. The average Bonchev–Trinajstić information content (AvgIpc) is 2.85. The molecule has 0 saturated heterocycles. The second kappa shape index (κ2) is 9.10. The first-order valence-electron chi connectivity index (χ1n) is 8.31. The van der Waals surface area contributed by atoms with E-state index in [1.54, 1.807) is 27.7 Å². The molecule has 0 radical (unpaired) electrons. The van der Waals surface area contributed by atoms with E-state index >= 15 is 0 Å². The van der Waals surface area contributed by atoms with Crippen molar-refractivity contribution in [1.29, 1.82) is 0 Å². The number of nitro groups is 1. The summed E-state index contributed by atoms with van der Waals surface area (Å²) in [6, 6.07) is -1.24. The molecule has 0 bridgehead atoms. The van der Waals surface area contributed by atoms with Gasteiger partial charge in [-0.15, -0.1) is 0 Å². The molecule has 0 aliphatic heterocycles. The van der Waals surface area contributed by atoms with Crippen LogP contribution in [0.25, 0.3) is 0 Å². The zero-order valence-corrected chi connectivity index (χ0v) is 15.7. The first-order chi connectivity index (χ1) is 12.4. The summed E-state index contributed by atoms with van der Waals surface area (Å²) in [4.78, 5) is 49.4. The van der Waals surface area contributed by atoms with E-state index in [1.807, 2.05) is 0 Å². The Bertz CT molecular complexity index is 721. The lowest BCUT2D eigenvalue weighted by Gasteiger charge is -2.22. The fourth-order valence-corrected chi connectivity index (χ4v) is 2.33. The second-order valence-corrected chi connectivity index (χ2v) is 6.94. The number of hydrogen-bond acceptors (Lipinski definition) is 7. The molecule has 0 fully saturated rings. The number of amides is 1. The van der Waals surface area contributed by atoms with Gasteiger partial charge in [0.2, 0.25) is 0 Å². The normalized spacial score (nSPS) is 12.3. The summed E-state index contributed by atoms with van der Waals surface area (Å²) in [5.74, 6) is -1.49. The zero-order valence-electron chi connectivity index (χ0n) is 15.7. The van der Waals surface area contributed by atoms with Crippen molar-refractivity contribution < 1.29 is 29.2 Å². The van der Waals surface area contributed by atoms with Crippen LogP contribution in [0.3, 0.4) is 0 Å². The van der Waals surface area contributed by atoms with Crippen molar-refractivity contribution in [2.75, 3.05) is 0 Å². The van der Waals surface area contributed by atoms with Crippen molar-refractivity contribution >= 4 is 23.7 Å². The maximum atomic E-state index is 12.3. The number of carboxylic acid groups (broad SMARTS) is 1. The van der Waals surface area contributed by atoms with Crippen molar-refractivity contribution in [2.45, 2.75) is 65.1 Å². The Labute approximate surface area is 155 Å². The van der Waals surface area contributed by atoms with Crippen LogP contribution in [0.1, 0.15) is 45.9 Å². The molecule has 2 N–H and O–H groups in total. The molecule has 1 aromatic rings. The van der Waals surface area contributed by atoms with Gasteiger partial charge in [-0.25, -0.2) is 14.3 Å². The maximum absolute atomic E-state index is 12.3. The van der Waals surface area contributed by atoms with Crippen LogP contribution in [0.15, 0.2) is 6.20 Å². The number of aryl methyl sites for hydroxylation is 1. The van der Waals surface area contributed by atoms with Gasteiger partial charge in [0.25, 0.3) is 0 Å². The van der Waals surface area contributed by atoms with E-state index in [9.17, 15) is 24.5 Å². The first-order valence-corrected chi connectivity index (χ1v) is 8.31. The van der Waals surface area contributed by atoms with E-state index in [0.29, 0.717) is 5.82 Å². The summed E-state index contributed by atoms with van der Waals surface area (Å²) < 4.78 is 6.40. The molecule has 0 saturated carbocycles. The van der Waals surface area contributed by atoms with Gasteiger partial charge in [-0.2, -0.15) is 0 Å². The lowest BCUT2D eigenvalue weighted by molar-refractivity contribution is -0.392. The Hall–Kier alpha value is -2.98. The molecule has 11 heteroatoms. The van der Waals surface area contributed by atoms with Gasteiger partial charge in [-0.1, -0.05) is 0 Å². The Kier molecular flexibility index (Phi) is 7.44. The predicted molar refractivity (Wildman–Crippen MR) is 93.3 cm³/mol. The highest BCUT2D eigenvalue weighted by molar-refractivity contribution is 5.90. The lowest BCUT2D eigenvalue weighted by Crippen LogP contribution is -2.44. The fraction of sp³-hybridized carbons (Fsp3) is 0.625. The number of carbonyl (C=O) groups is 3. The molecular formula is C16H24N4O7. The number of carbonyl (C=O) groups excluding carboxylic acids is 2. The van der Waals surface area contributed by atoms with E-state index < -0.39 is 40.8 Å². The van der Waals surface area contributed by atoms with Crippen LogP contribution in [0.4, 0.5) is 10.6 Å². The molecule has 0 aliphatic carbocycles. The molecule has 1 rings (SSSR count). The van der Waals surface area contributed by atoms with Crippen molar-refractivity contribution in [3.8, 4) is 0 Å². The monoisotopic (exact) mass is 384 g/mol. The number of ether oxygens (including phenoxy) is 1. The van der Waals surface area contributed by atoms with Gasteiger partial charge >= 0.3 is 17.9 Å². The summed E-state index contributed by atoms with van der Waals surface area (Å²) >= 11 is 0. The summed E-state index contributed by atoms with van der Waals surface area (Å²) in [5, 5.41) is 22.2. The van der Waals surface area contributed by atoms with E-state index in [-0.39, 0.29) is 25.2 Å². The molecule has 1 atom stereocenters. The minimum atomic E-state index is -1.24. The van der Waals surface area contributed by atoms with E-state index in [1.165, 1.54) is 4.57 Å². The highest BCUT2D eigenvalue weighted by atomic mass is 16.6. The van der Waals surface area contributed by atoms with Crippen LogP contribution in [-0.4, -0.2) is 49.1 Å². The molecule has 1 amide bonds. The van der Waals surface area contributed by atoms with Gasteiger partial charge in [0.05, 0.1) is 13.0 Å². The average molecular weight is 384 g/mol. The number of aromatic nitrogens is 2. The minimum absolute atomic E-state index is 0.0669. The molecular weight excluding hydrogens is 360 g/mol. The number of alkyl carbamates (subject to hydrolysis) is 1. The SMILES string of the molecule is Cc1ncc([N+](=O)[O-])n1CCCC(=O)C(CC(=O)O)NC(=O)OC(C)(C)C. The smallest absolute Gasteiger partial charge is 0.408 e. The van der Waals surface area contributed by atoms with Crippen LogP contribution in [-0.2, 0) is 20.9 Å². The quantitative estimate of drug-likeness (QED) is 0.483. The molecule has 1 unspecified atom stereocenters. The van der Waals surface area contributed by atoms with E-state index in [4.69, 9.17) is 9.84 Å². The Morgan fingerprint density at radius 3 is 2.56 bits per heavy atom. The number of aliphatic carboxylic acids is 1. The third-order valence-electron chi connectivity index (χ3n) is 3.48. The Morgan fingerprint density at radius 1 is 1.41 bits per heavy atom. The fourth-order valence-electron chi connectivity index (χ4n) is 2.33. The van der Waals surface area contributed by atoms with Crippen LogP contribution < -0.4 is 5.32 Å². The predicted octanol–water partition coefficient (Wildman–Crippen LogP) is 1.82. The first kappa shape index (κ1) is 22.1. The summed E-state index contributed by atoms with van der Waals surface area (Å²) in [5.41, 5.74) is -0.793. The van der Waals surface area contributed by atoms with Crippen LogP contribution >= 0.6 is 0 Å². The number of rotatable bonds is 9. The number of Topliss-reactive ketones (excluding diaryl/α,β-unsaturated/α-hetero) is 1. The topological polar surface area (TPSA) is 154 Å². The minimum Gasteiger partial charge on any atom is -0.481 e. The van der Waals surface area contributed by atoms with Crippen LogP contribution in [0.5, 0.6) is 0 Å². The number of carboxylic acids is 1. The number of nitrogens with one attached hydrogen (secondary N) is 1. The molecule has 1 aromatic heterocycles. The van der Waals surface area contributed by atoms with Crippen molar-refractivity contribution in [3.05, 3.63) is 22.1 Å². The number of hydrogen-bond donors (Lipinski definition) is 2. The van der Waals surface area contributed by atoms with E-state index in [0.717, 1.165) is 6.20 Å². The van der Waals surface area contributed by atoms with Gasteiger partial charge in [-0.05, 0) is 32.1 Å². The van der Waals surface area contributed by atoms with Crippen molar-refractivity contribution in [3.63, 3.8) is 0 Å². The molecule has 1 heterocycles. The van der Waals surface area contributed by atoms with Crippen LogP contribution in [0.2, 0.25) is 0 Å². The standard InChI is InChI=1S/C16H24N4O7/c1-10-17-9-13(20(25)26)19(10)7-5-6-12(21)11(8-14(22)23)18-15(24)27-16(2,3)4/h9,11H,5-8H2,1-4H3,(H,18,24)(H,22,23). The zero-order chi connectivity index (χ0) is 20.8.